The van der Waals surface area contributed by atoms with Gasteiger partial charge in [-0.2, -0.15) is 0 Å². The predicted molar refractivity (Wildman–Crippen MR) is 91.5 cm³/mol. The monoisotopic (exact) mass is 354 g/mol. The summed E-state index contributed by atoms with van der Waals surface area (Å²) in [6.07, 6.45) is 0. The minimum atomic E-state index is -0.153. The first kappa shape index (κ1) is 16.9. The quantitative estimate of drug-likeness (QED) is 0.900. The zero-order chi connectivity index (χ0) is 15.8. The molecule has 0 spiro atoms. The van der Waals surface area contributed by atoms with Crippen molar-refractivity contribution >= 4 is 15.9 Å². The molecule has 1 aliphatic rings. The Hall–Kier alpha value is -0.420. The van der Waals surface area contributed by atoms with Gasteiger partial charge in [0.1, 0.15) is 0 Å². The summed E-state index contributed by atoms with van der Waals surface area (Å²) in [5.41, 5.74) is 8.33. The summed E-state index contributed by atoms with van der Waals surface area (Å²) in [6.45, 7) is 13.1. The molecule has 0 aromatic heterocycles. The number of nitrogens with two attached hydrogens (primary N) is 1. The number of aryl methyl sites for hydroxylation is 1. The first-order valence-electron chi connectivity index (χ1n) is 7.54. The van der Waals surface area contributed by atoms with Crippen molar-refractivity contribution in [2.75, 3.05) is 19.6 Å². The van der Waals surface area contributed by atoms with Gasteiger partial charge in [-0.15, -0.1) is 0 Å². The Morgan fingerprint density at radius 3 is 2.29 bits per heavy atom. The number of morpholine rings is 1. The van der Waals surface area contributed by atoms with Crippen molar-refractivity contribution in [3.63, 3.8) is 0 Å². The fourth-order valence-corrected chi connectivity index (χ4v) is 3.68. The van der Waals surface area contributed by atoms with Crippen molar-refractivity contribution in [2.45, 2.75) is 51.9 Å². The first-order valence-corrected chi connectivity index (χ1v) is 8.33. The highest BCUT2D eigenvalue weighted by Gasteiger charge is 2.40. The topological polar surface area (TPSA) is 38.5 Å². The Kier molecular flexibility index (Phi) is 4.84. The smallest absolute Gasteiger partial charge is 0.0761 e. The third-order valence-corrected chi connectivity index (χ3v) is 4.84. The lowest BCUT2D eigenvalue weighted by Gasteiger charge is -2.49. The molecule has 1 heterocycles. The van der Waals surface area contributed by atoms with Crippen molar-refractivity contribution in [3.05, 3.63) is 33.8 Å². The van der Waals surface area contributed by atoms with E-state index in [2.05, 4.69) is 73.6 Å². The molecular formula is C17H27BrN2O. The number of hydrogen-bond donors (Lipinski definition) is 1. The molecule has 3 nitrogen and oxygen atoms in total. The van der Waals surface area contributed by atoms with E-state index in [0.29, 0.717) is 6.54 Å². The van der Waals surface area contributed by atoms with Crippen LogP contribution >= 0.6 is 15.9 Å². The van der Waals surface area contributed by atoms with Crippen LogP contribution in [0.1, 0.15) is 44.9 Å². The van der Waals surface area contributed by atoms with Gasteiger partial charge in [-0.05, 0) is 51.8 Å². The van der Waals surface area contributed by atoms with E-state index in [1.165, 1.54) is 11.1 Å². The molecule has 0 aliphatic carbocycles. The van der Waals surface area contributed by atoms with Crippen LogP contribution in [0.3, 0.4) is 0 Å². The minimum absolute atomic E-state index is 0.153. The second kappa shape index (κ2) is 5.99. The van der Waals surface area contributed by atoms with Gasteiger partial charge in [0.15, 0.2) is 0 Å². The molecule has 1 atom stereocenters. The Morgan fingerprint density at radius 1 is 1.24 bits per heavy atom. The number of nitrogens with zero attached hydrogens (tertiary/aromatic N) is 1. The molecule has 1 fully saturated rings. The van der Waals surface area contributed by atoms with Gasteiger partial charge in [0.25, 0.3) is 0 Å². The van der Waals surface area contributed by atoms with Crippen molar-refractivity contribution in [1.29, 1.82) is 0 Å². The summed E-state index contributed by atoms with van der Waals surface area (Å²) in [5.74, 6) is 0. The Bertz CT molecular complexity index is 498. The number of halogens is 1. The summed E-state index contributed by atoms with van der Waals surface area (Å²) in [4.78, 5) is 2.46. The molecule has 0 bridgehead atoms. The molecule has 0 radical (unpaired) electrons. The second-order valence-corrected chi connectivity index (χ2v) is 8.14. The van der Waals surface area contributed by atoms with Crippen LogP contribution in [0.5, 0.6) is 0 Å². The van der Waals surface area contributed by atoms with Crippen molar-refractivity contribution < 1.29 is 4.74 Å². The van der Waals surface area contributed by atoms with Gasteiger partial charge in [0.2, 0.25) is 0 Å². The highest BCUT2D eigenvalue weighted by atomic mass is 79.9. The molecule has 4 heteroatoms. The number of benzene rings is 1. The summed E-state index contributed by atoms with van der Waals surface area (Å²) in [6, 6.07) is 6.75. The van der Waals surface area contributed by atoms with E-state index in [1.54, 1.807) is 0 Å². The summed E-state index contributed by atoms with van der Waals surface area (Å²) in [7, 11) is 0. The molecule has 2 N–H and O–H groups in total. The van der Waals surface area contributed by atoms with Gasteiger partial charge in [-0.1, -0.05) is 28.1 Å². The fourth-order valence-electron chi connectivity index (χ4n) is 3.44. The average molecular weight is 355 g/mol. The van der Waals surface area contributed by atoms with E-state index in [4.69, 9.17) is 10.5 Å². The summed E-state index contributed by atoms with van der Waals surface area (Å²) < 4.78 is 7.32. The first-order chi connectivity index (χ1) is 9.63. The molecule has 21 heavy (non-hydrogen) atoms. The highest BCUT2D eigenvalue weighted by molar-refractivity contribution is 9.10. The summed E-state index contributed by atoms with van der Waals surface area (Å²) >= 11 is 3.57. The van der Waals surface area contributed by atoms with Gasteiger partial charge < -0.3 is 10.5 Å². The molecule has 1 aromatic carbocycles. The fraction of sp³-hybridized carbons (Fsp3) is 0.647. The van der Waals surface area contributed by atoms with Crippen LogP contribution in [0.25, 0.3) is 0 Å². The molecule has 0 amide bonds. The van der Waals surface area contributed by atoms with Crippen LogP contribution in [0.15, 0.2) is 22.7 Å². The van der Waals surface area contributed by atoms with Gasteiger partial charge in [0.05, 0.1) is 11.2 Å². The van der Waals surface area contributed by atoms with Crippen LogP contribution in [-0.2, 0) is 4.74 Å². The van der Waals surface area contributed by atoms with Crippen molar-refractivity contribution in [1.82, 2.24) is 4.90 Å². The van der Waals surface area contributed by atoms with E-state index < -0.39 is 0 Å². The van der Waals surface area contributed by atoms with Crippen molar-refractivity contribution in [2.24, 2.45) is 5.73 Å². The van der Waals surface area contributed by atoms with Gasteiger partial charge in [-0.25, -0.2) is 0 Å². The van der Waals surface area contributed by atoms with Crippen LogP contribution < -0.4 is 5.73 Å². The molecular weight excluding hydrogens is 328 g/mol. The summed E-state index contributed by atoms with van der Waals surface area (Å²) in [5, 5.41) is 0. The van der Waals surface area contributed by atoms with Gasteiger partial charge in [-0.3, -0.25) is 4.90 Å². The standard InChI is InChI=1S/C17H27BrN2O/c1-12-8-13(6-7-14(12)18)15(9-19)20-10-16(2,3)21-17(4,5)11-20/h6-8,15H,9-11,19H2,1-5H3. The van der Waals surface area contributed by atoms with E-state index in [9.17, 15) is 0 Å². The Morgan fingerprint density at radius 2 is 1.81 bits per heavy atom. The van der Waals surface area contributed by atoms with Crippen LogP contribution in [0, 0.1) is 6.92 Å². The number of ether oxygens (including phenoxy) is 1. The molecule has 1 saturated heterocycles. The van der Waals surface area contributed by atoms with E-state index >= 15 is 0 Å². The third kappa shape index (κ3) is 4.07. The maximum absolute atomic E-state index is 6.17. The maximum Gasteiger partial charge on any atom is 0.0761 e. The lowest BCUT2D eigenvalue weighted by atomic mass is 9.94. The van der Waals surface area contributed by atoms with Crippen LogP contribution in [0.4, 0.5) is 0 Å². The largest absolute Gasteiger partial charge is 0.367 e. The Balaban J connectivity index is 2.29. The molecule has 0 saturated carbocycles. The van der Waals surface area contributed by atoms with Gasteiger partial charge >= 0.3 is 0 Å². The zero-order valence-corrected chi connectivity index (χ0v) is 15.3. The lowest BCUT2D eigenvalue weighted by Crippen LogP contribution is -2.58. The molecule has 118 valence electrons. The number of rotatable bonds is 3. The third-order valence-electron chi connectivity index (χ3n) is 3.95. The van der Waals surface area contributed by atoms with E-state index in [-0.39, 0.29) is 17.2 Å². The number of hydrogen-bond acceptors (Lipinski definition) is 3. The normalized spacial score (nSPS) is 23.0. The lowest BCUT2D eigenvalue weighted by molar-refractivity contribution is -0.187. The molecule has 2 rings (SSSR count). The van der Waals surface area contributed by atoms with E-state index in [0.717, 1.165) is 17.6 Å². The second-order valence-electron chi connectivity index (χ2n) is 7.29. The average Bonchev–Trinajstić information content (AvgIpc) is 2.30. The molecule has 1 unspecified atom stereocenters. The Labute approximate surface area is 137 Å². The van der Waals surface area contributed by atoms with Crippen LogP contribution in [-0.4, -0.2) is 35.7 Å². The predicted octanol–water partition coefficient (Wildman–Crippen LogP) is 3.65. The van der Waals surface area contributed by atoms with Crippen molar-refractivity contribution in [3.8, 4) is 0 Å². The minimum Gasteiger partial charge on any atom is -0.367 e. The molecule has 1 aromatic rings. The van der Waals surface area contributed by atoms with Gasteiger partial charge in [0, 0.05) is 30.1 Å². The maximum atomic E-state index is 6.17. The zero-order valence-electron chi connectivity index (χ0n) is 13.7. The van der Waals surface area contributed by atoms with E-state index in [1.807, 2.05) is 0 Å². The van der Waals surface area contributed by atoms with Crippen LogP contribution in [0.2, 0.25) is 0 Å². The highest BCUT2D eigenvalue weighted by Crippen LogP contribution is 2.34. The molecule has 1 aliphatic heterocycles. The SMILES string of the molecule is Cc1cc(C(CN)N2CC(C)(C)OC(C)(C)C2)ccc1Br.